The summed E-state index contributed by atoms with van der Waals surface area (Å²) in [4.78, 5) is 0. The number of nitrogen functional groups attached to an aromatic ring is 1. The van der Waals surface area contributed by atoms with Crippen molar-refractivity contribution in [1.29, 1.82) is 0 Å². The Balaban J connectivity index is 2.10. The van der Waals surface area contributed by atoms with E-state index in [9.17, 15) is 4.39 Å². The van der Waals surface area contributed by atoms with Gasteiger partial charge in [-0.2, -0.15) is 0 Å². The quantitative estimate of drug-likeness (QED) is 0.763. The highest BCUT2D eigenvalue weighted by Crippen LogP contribution is 2.35. The van der Waals surface area contributed by atoms with Gasteiger partial charge < -0.3 is 15.8 Å². The highest BCUT2D eigenvalue weighted by Gasteiger charge is 2.25. The maximum absolute atomic E-state index is 13.8. The van der Waals surface area contributed by atoms with Crippen LogP contribution in [0, 0.1) is 11.7 Å². The van der Waals surface area contributed by atoms with E-state index in [0.717, 1.165) is 18.8 Å². The number of anilines is 2. The Hall–Kier alpha value is -1.45. The van der Waals surface area contributed by atoms with E-state index in [2.05, 4.69) is 12.2 Å². The van der Waals surface area contributed by atoms with Gasteiger partial charge >= 0.3 is 0 Å². The first-order valence-electron chi connectivity index (χ1n) is 6.53. The number of hydrogen-bond acceptors (Lipinski definition) is 3. The molecule has 0 bridgehead atoms. The molecular weight excluding hydrogens is 231 g/mol. The highest BCUT2D eigenvalue weighted by molar-refractivity contribution is 5.62. The Morgan fingerprint density at radius 1 is 1.50 bits per heavy atom. The second-order valence-corrected chi connectivity index (χ2v) is 5.00. The Labute approximate surface area is 108 Å². The van der Waals surface area contributed by atoms with Gasteiger partial charge in [-0.1, -0.05) is 19.8 Å². The van der Waals surface area contributed by atoms with E-state index in [-0.39, 0.29) is 5.82 Å². The minimum atomic E-state index is -0.317. The molecule has 3 N–H and O–H groups in total. The van der Waals surface area contributed by atoms with E-state index in [4.69, 9.17) is 10.5 Å². The largest absolute Gasteiger partial charge is 0.495 e. The van der Waals surface area contributed by atoms with Gasteiger partial charge in [-0.15, -0.1) is 0 Å². The zero-order valence-electron chi connectivity index (χ0n) is 11.0. The molecule has 0 saturated heterocycles. The van der Waals surface area contributed by atoms with Crippen molar-refractivity contribution in [3.8, 4) is 5.75 Å². The first-order chi connectivity index (χ1) is 8.63. The van der Waals surface area contributed by atoms with Crippen molar-refractivity contribution in [2.24, 2.45) is 5.92 Å². The van der Waals surface area contributed by atoms with E-state index < -0.39 is 0 Å². The van der Waals surface area contributed by atoms with E-state index in [1.54, 1.807) is 6.07 Å². The Morgan fingerprint density at radius 3 is 2.78 bits per heavy atom. The lowest BCUT2D eigenvalue weighted by molar-refractivity contribution is 0.416. The van der Waals surface area contributed by atoms with Gasteiger partial charge in [-0.3, -0.25) is 0 Å². The smallest absolute Gasteiger partial charge is 0.148 e. The molecule has 1 aliphatic carbocycles. The molecule has 2 rings (SSSR count). The zero-order chi connectivity index (χ0) is 13.1. The molecule has 100 valence electrons. The highest BCUT2D eigenvalue weighted by atomic mass is 19.1. The van der Waals surface area contributed by atoms with Crippen LogP contribution < -0.4 is 15.8 Å². The Bertz CT molecular complexity index is 419. The summed E-state index contributed by atoms with van der Waals surface area (Å²) in [5.74, 6) is 1.02. The Kier molecular flexibility index (Phi) is 3.94. The number of ether oxygens (including phenoxy) is 1. The SMILES string of the molecule is CCC(CC1CC1)Nc1cc(OC)c(N)cc1F. The molecular formula is C14H21FN2O. The van der Waals surface area contributed by atoms with Crippen molar-refractivity contribution >= 4 is 11.4 Å². The number of benzene rings is 1. The summed E-state index contributed by atoms with van der Waals surface area (Å²) < 4.78 is 18.9. The molecule has 1 aromatic rings. The first kappa shape index (κ1) is 13.0. The van der Waals surface area contributed by atoms with Crippen LogP contribution in [0.3, 0.4) is 0 Å². The maximum Gasteiger partial charge on any atom is 0.148 e. The van der Waals surface area contributed by atoms with Crippen LogP contribution in [-0.4, -0.2) is 13.2 Å². The van der Waals surface area contributed by atoms with Gasteiger partial charge in [0, 0.05) is 18.2 Å². The van der Waals surface area contributed by atoms with Gasteiger partial charge in [0.2, 0.25) is 0 Å². The number of nitrogens with two attached hydrogens (primary N) is 1. The monoisotopic (exact) mass is 252 g/mol. The predicted octanol–water partition coefficient (Wildman–Crippen LogP) is 3.41. The average molecular weight is 252 g/mol. The summed E-state index contributed by atoms with van der Waals surface area (Å²) in [7, 11) is 1.54. The van der Waals surface area contributed by atoms with E-state index in [1.807, 2.05) is 0 Å². The minimum absolute atomic E-state index is 0.317. The van der Waals surface area contributed by atoms with Gasteiger partial charge in [0.15, 0.2) is 0 Å². The molecule has 18 heavy (non-hydrogen) atoms. The van der Waals surface area contributed by atoms with Crippen LogP contribution in [0.5, 0.6) is 5.75 Å². The molecule has 0 spiro atoms. The standard InChI is InChI=1S/C14H21FN2O/c1-3-10(6-9-4-5-9)17-13-8-14(18-2)12(16)7-11(13)15/h7-10,17H,3-6,16H2,1-2H3. The Morgan fingerprint density at radius 2 is 2.22 bits per heavy atom. The van der Waals surface area contributed by atoms with Crippen molar-refractivity contribution in [3.05, 3.63) is 17.9 Å². The first-order valence-corrected chi connectivity index (χ1v) is 6.53. The molecule has 0 amide bonds. The van der Waals surface area contributed by atoms with Gasteiger partial charge in [-0.05, 0) is 18.8 Å². The third-order valence-corrected chi connectivity index (χ3v) is 3.49. The number of rotatable bonds is 6. The molecule has 3 nitrogen and oxygen atoms in total. The number of methoxy groups -OCH3 is 1. The third kappa shape index (κ3) is 3.06. The van der Waals surface area contributed by atoms with Crippen LogP contribution >= 0.6 is 0 Å². The normalized spacial score (nSPS) is 16.4. The van der Waals surface area contributed by atoms with Crippen LogP contribution in [0.2, 0.25) is 0 Å². The molecule has 1 aromatic carbocycles. The molecule has 1 aliphatic rings. The lowest BCUT2D eigenvalue weighted by atomic mass is 10.1. The van der Waals surface area contributed by atoms with Crippen LogP contribution in [0.25, 0.3) is 0 Å². The fourth-order valence-electron chi connectivity index (χ4n) is 2.16. The summed E-state index contributed by atoms with van der Waals surface area (Å²) in [6, 6.07) is 3.27. The van der Waals surface area contributed by atoms with E-state index in [0.29, 0.717) is 23.2 Å². The van der Waals surface area contributed by atoms with Gasteiger partial charge in [0.05, 0.1) is 18.5 Å². The van der Waals surface area contributed by atoms with E-state index in [1.165, 1.54) is 26.0 Å². The van der Waals surface area contributed by atoms with Gasteiger partial charge in [0.25, 0.3) is 0 Å². The van der Waals surface area contributed by atoms with Crippen molar-refractivity contribution in [3.63, 3.8) is 0 Å². The van der Waals surface area contributed by atoms with Crippen LogP contribution in [0.1, 0.15) is 32.6 Å². The fourth-order valence-corrected chi connectivity index (χ4v) is 2.16. The molecule has 1 atom stereocenters. The molecule has 1 unspecified atom stereocenters. The van der Waals surface area contributed by atoms with Crippen molar-refractivity contribution in [2.75, 3.05) is 18.2 Å². The molecule has 0 radical (unpaired) electrons. The van der Waals surface area contributed by atoms with Crippen LogP contribution in [0.15, 0.2) is 12.1 Å². The zero-order valence-corrected chi connectivity index (χ0v) is 11.0. The summed E-state index contributed by atoms with van der Waals surface area (Å²) in [6.45, 7) is 2.12. The number of hydrogen-bond donors (Lipinski definition) is 2. The second-order valence-electron chi connectivity index (χ2n) is 5.00. The summed E-state index contributed by atoms with van der Waals surface area (Å²) in [5, 5.41) is 3.26. The predicted molar refractivity (Wildman–Crippen MR) is 72.4 cm³/mol. The van der Waals surface area contributed by atoms with E-state index >= 15 is 0 Å². The number of halogens is 1. The molecule has 0 heterocycles. The topological polar surface area (TPSA) is 47.3 Å². The fraction of sp³-hybridized carbons (Fsp3) is 0.571. The van der Waals surface area contributed by atoms with Crippen molar-refractivity contribution in [2.45, 2.75) is 38.6 Å². The lowest BCUT2D eigenvalue weighted by Gasteiger charge is -2.19. The third-order valence-electron chi connectivity index (χ3n) is 3.49. The summed E-state index contributed by atoms with van der Waals surface area (Å²) in [6.07, 6.45) is 4.72. The molecule has 4 heteroatoms. The van der Waals surface area contributed by atoms with Crippen LogP contribution in [-0.2, 0) is 0 Å². The van der Waals surface area contributed by atoms with Crippen molar-refractivity contribution in [1.82, 2.24) is 0 Å². The molecule has 0 aliphatic heterocycles. The van der Waals surface area contributed by atoms with Gasteiger partial charge in [0.1, 0.15) is 11.6 Å². The average Bonchev–Trinajstić information content (AvgIpc) is 3.15. The number of nitrogens with one attached hydrogen (secondary N) is 1. The molecule has 1 saturated carbocycles. The molecule has 1 fully saturated rings. The summed E-state index contributed by atoms with van der Waals surface area (Å²) >= 11 is 0. The second kappa shape index (κ2) is 5.46. The maximum atomic E-state index is 13.8. The minimum Gasteiger partial charge on any atom is -0.495 e. The van der Waals surface area contributed by atoms with Crippen molar-refractivity contribution < 1.29 is 9.13 Å². The van der Waals surface area contributed by atoms with Crippen LogP contribution in [0.4, 0.5) is 15.8 Å². The van der Waals surface area contributed by atoms with Gasteiger partial charge in [-0.25, -0.2) is 4.39 Å². The summed E-state index contributed by atoms with van der Waals surface area (Å²) in [5.41, 5.74) is 6.47. The lowest BCUT2D eigenvalue weighted by Crippen LogP contribution is -2.20. The molecule has 0 aromatic heterocycles.